The van der Waals surface area contributed by atoms with Crippen LogP contribution in [-0.4, -0.2) is 23.9 Å². The number of ether oxygens (including phenoxy) is 1. The molecule has 0 saturated heterocycles. The van der Waals surface area contributed by atoms with E-state index < -0.39 is 0 Å². The molecule has 1 aliphatic carbocycles. The Morgan fingerprint density at radius 2 is 2.00 bits per heavy atom. The number of nitrogens with two attached hydrogens (primary N) is 1. The van der Waals surface area contributed by atoms with Crippen LogP contribution in [0.4, 0.5) is 0 Å². The lowest BCUT2D eigenvalue weighted by Crippen LogP contribution is -2.43. The maximum Gasteiger partial charge on any atom is 0.137 e. The number of aliphatic hydroxyl groups excluding tert-OH is 1. The van der Waals surface area contributed by atoms with Crippen LogP contribution in [-0.2, 0) is 0 Å². The summed E-state index contributed by atoms with van der Waals surface area (Å²) in [6.07, 6.45) is 2.04. The van der Waals surface area contributed by atoms with E-state index in [1.165, 1.54) is 5.56 Å². The number of benzene rings is 1. The van der Waals surface area contributed by atoms with Gasteiger partial charge in [0.1, 0.15) is 11.9 Å². The molecule has 1 aliphatic rings. The van der Waals surface area contributed by atoms with Gasteiger partial charge in [0.25, 0.3) is 0 Å². The minimum atomic E-state index is -0.282. The van der Waals surface area contributed by atoms with Crippen LogP contribution in [0, 0.1) is 12.8 Å². The van der Waals surface area contributed by atoms with Crippen LogP contribution in [0.5, 0.6) is 5.75 Å². The van der Waals surface area contributed by atoms with Gasteiger partial charge in [0.05, 0.1) is 6.61 Å². The van der Waals surface area contributed by atoms with Crippen molar-refractivity contribution in [1.29, 1.82) is 0 Å². The first-order valence-electron chi connectivity index (χ1n) is 5.80. The molecule has 0 spiro atoms. The first-order valence-corrected chi connectivity index (χ1v) is 5.80. The van der Waals surface area contributed by atoms with E-state index in [2.05, 4.69) is 0 Å². The number of rotatable bonds is 5. The first kappa shape index (κ1) is 11.4. The van der Waals surface area contributed by atoms with E-state index in [9.17, 15) is 5.11 Å². The van der Waals surface area contributed by atoms with Crippen molar-refractivity contribution >= 4 is 0 Å². The third kappa shape index (κ3) is 2.74. The van der Waals surface area contributed by atoms with E-state index in [1.807, 2.05) is 31.2 Å². The summed E-state index contributed by atoms with van der Waals surface area (Å²) >= 11 is 0. The minimum Gasteiger partial charge on any atom is -0.486 e. The van der Waals surface area contributed by atoms with Crippen molar-refractivity contribution in [2.24, 2.45) is 11.7 Å². The molecule has 0 bridgehead atoms. The monoisotopic (exact) mass is 221 g/mol. The molecule has 88 valence electrons. The molecule has 16 heavy (non-hydrogen) atoms. The molecule has 0 aromatic heterocycles. The number of hydrogen-bond acceptors (Lipinski definition) is 3. The van der Waals surface area contributed by atoms with Crippen molar-refractivity contribution in [3.8, 4) is 5.75 Å². The molecule has 0 radical (unpaired) electrons. The average Bonchev–Trinajstić information content (AvgIpc) is 3.11. The minimum absolute atomic E-state index is 0.0223. The van der Waals surface area contributed by atoms with Crippen molar-refractivity contribution in [3.63, 3.8) is 0 Å². The van der Waals surface area contributed by atoms with Crippen molar-refractivity contribution in [1.82, 2.24) is 0 Å². The van der Waals surface area contributed by atoms with Crippen molar-refractivity contribution < 1.29 is 9.84 Å². The Morgan fingerprint density at radius 1 is 1.38 bits per heavy atom. The van der Waals surface area contributed by atoms with Crippen LogP contribution < -0.4 is 10.5 Å². The second-order valence-corrected chi connectivity index (χ2v) is 4.57. The van der Waals surface area contributed by atoms with E-state index >= 15 is 0 Å². The summed E-state index contributed by atoms with van der Waals surface area (Å²) in [7, 11) is 0. The summed E-state index contributed by atoms with van der Waals surface area (Å²) in [6.45, 7) is 2.01. The molecule has 2 unspecified atom stereocenters. The van der Waals surface area contributed by atoms with Gasteiger partial charge in [-0.05, 0) is 37.8 Å². The number of hydrogen-bond donors (Lipinski definition) is 2. The van der Waals surface area contributed by atoms with Crippen molar-refractivity contribution in [2.75, 3.05) is 6.61 Å². The summed E-state index contributed by atoms with van der Waals surface area (Å²) in [5.74, 6) is 1.31. The summed E-state index contributed by atoms with van der Waals surface area (Å²) in [6, 6.07) is 7.76. The van der Waals surface area contributed by atoms with Crippen LogP contribution in [0.15, 0.2) is 24.3 Å². The topological polar surface area (TPSA) is 55.5 Å². The summed E-state index contributed by atoms with van der Waals surface area (Å²) in [5, 5.41) is 9.28. The van der Waals surface area contributed by atoms with Gasteiger partial charge in [0.2, 0.25) is 0 Å². The maximum absolute atomic E-state index is 9.28. The van der Waals surface area contributed by atoms with E-state index in [0.717, 1.165) is 18.6 Å². The average molecular weight is 221 g/mol. The van der Waals surface area contributed by atoms with E-state index in [0.29, 0.717) is 5.92 Å². The van der Waals surface area contributed by atoms with Crippen molar-refractivity contribution in [2.45, 2.75) is 31.9 Å². The molecule has 1 fully saturated rings. The number of aryl methyl sites for hydroxylation is 1. The molecule has 1 aromatic rings. The van der Waals surface area contributed by atoms with Crippen LogP contribution in [0.2, 0.25) is 0 Å². The molecule has 0 amide bonds. The highest BCUT2D eigenvalue weighted by atomic mass is 16.5. The SMILES string of the molecule is Cc1ccc(OC(CO)C(N)C2CC2)cc1. The van der Waals surface area contributed by atoms with Gasteiger partial charge in [0, 0.05) is 6.04 Å². The lowest BCUT2D eigenvalue weighted by molar-refractivity contribution is 0.0882. The lowest BCUT2D eigenvalue weighted by atomic mass is 10.1. The zero-order valence-electron chi connectivity index (χ0n) is 9.60. The van der Waals surface area contributed by atoms with E-state index in [-0.39, 0.29) is 18.8 Å². The largest absolute Gasteiger partial charge is 0.486 e. The fraction of sp³-hybridized carbons (Fsp3) is 0.538. The van der Waals surface area contributed by atoms with Crippen LogP contribution in [0.25, 0.3) is 0 Å². The highest BCUT2D eigenvalue weighted by Gasteiger charge is 2.34. The Morgan fingerprint density at radius 3 is 2.50 bits per heavy atom. The molecule has 0 aliphatic heterocycles. The Bertz CT molecular complexity index is 332. The van der Waals surface area contributed by atoms with Gasteiger partial charge >= 0.3 is 0 Å². The summed E-state index contributed by atoms with van der Waals surface area (Å²) in [5.41, 5.74) is 7.22. The van der Waals surface area contributed by atoms with Gasteiger partial charge in [-0.15, -0.1) is 0 Å². The first-order chi connectivity index (χ1) is 7.70. The fourth-order valence-corrected chi connectivity index (χ4v) is 1.81. The molecule has 3 nitrogen and oxygen atoms in total. The molecule has 1 saturated carbocycles. The predicted octanol–water partition coefficient (Wildman–Crippen LogP) is 1.47. The van der Waals surface area contributed by atoms with Crippen LogP contribution >= 0.6 is 0 Å². The van der Waals surface area contributed by atoms with Gasteiger partial charge in [-0.25, -0.2) is 0 Å². The van der Waals surface area contributed by atoms with Crippen LogP contribution in [0.3, 0.4) is 0 Å². The molecule has 3 heteroatoms. The zero-order valence-corrected chi connectivity index (χ0v) is 9.60. The Hall–Kier alpha value is -1.06. The second-order valence-electron chi connectivity index (χ2n) is 4.57. The Kier molecular flexibility index (Phi) is 3.46. The van der Waals surface area contributed by atoms with Gasteiger partial charge in [-0.3, -0.25) is 0 Å². The predicted molar refractivity (Wildman–Crippen MR) is 63.4 cm³/mol. The summed E-state index contributed by atoms with van der Waals surface area (Å²) in [4.78, 5) is 0. The van der Waals surface area contributed by atoms with Gasteiger partial charge < -0.3 is 15.6 Å². The second kappa shape index (κ2) is 4.85. The third-order valence-electron chi connectivity index (χ3n) is 3.08. The maximum atomic E-state index is 9.28. The molecule has 2 atom stereocenters. The highest BCUT2D eigenvalue weighted by Crippen LogP contribution is 2.33. The zero-order chi connectivity index (χ0) is 11.5. The highest BCUT2D eigenvalue weighted by molar-refractivity contribution is 5.26. The molecule has 1 aromatic carbocycles. The molecule has 2 rings (SSSR count). The fourth-order valence-electron chi connectivity index (χ4n) is 1.81. The normalized spacial score (nSPS) is 19.2. The molecule has 3 N–H and O–H groups in total. The number of aliphatic hydroxyl groups is 1. The third-order valence-corrected chi connectivity index (χ3v) is 3.08. The van der Waals surface area contributed by atoms with Crippen molar-refractivity contribution in [3.05, 3.63) is 29.8 Å². The van der Waals surface area contributed by atoms with E-state index in [1.54, 1.807) is 0 Å². The Balaban J connectivity index is 1.97. The summed E-state index contributed by atoms with van der Waals surface area (Å²) < 4.78 is 5.71. The molecular formula is C13H19NO2. The quantitative estimate of drug-likeness (QED) is 0.791. The van der Waals surface area contributed by atoms with Gasteiger partial charge in [-0.2, -0.15) is 0 Å². The van der Waals surface area contributed by atoms with Gasteiger partial charge in [0.15, 0.2) is 0 Å². The molecular weight excluding hydrogens is 202 g/mol. The lowest BCUT2D eigenvalue weighted by Gasteiger charge is -2.23. The Labute approximate surface area is 96.2 Å². The van der Waals surface area contributed by atoms with Crippen LogP contribution in [0.1, 0.15) is 18.4 Å². The van der Waals surface area contributed by atoms with E-state index in [4.69, 9.17) is 10.5 Å². The smallest absolute Gasteiger partial charge is 0.137 e. The van der Waals surface area contributed by atoms with Gasteiger partial charge in [-0.1, -0.05) is 17.7 Å². The molecule has 0 heterocycles. The standard InChI is InChI=1S/C13H19NO2/c1-9-2-6-11(7-3-9)16-12(8-15)13(14)10-4-5-10/h2-3,6-7,10,12-13,15H,4-5,8,14H2,1H3.